The molecule has 1 saturated heterocycles. The topological polar surface area (TPSA) is 78.9 Å². The molecular weight excluding hydrogens is 324 g/mol. The van der Waals surface area contributed by atoms with Crippen LogP contribution in [-0.2, 0) is 28.6 Å². The van der Waals surface area contributed by atoms with E-state index >= 15 is 0 Å². The van der Waals surface area contributed by atoms with E-state index in [0.717, 1.165) is 5.57 Å². The molecule has 2 aliphatic heterocycles. The zero-order valence-corrected chi connectivity index (χ0v) is 14.6. The molecule has 4 atom stereocenters. The van der Waals surface area contributed by atoms with Crippen molar-refractivity contribution in [2.24, 2.45) is 11.8 Å². The van der Waals surface area contributed by atoms with Crippen molar-refractivity contribution in [1.29, 1.82) is 0 Å². The average molecular weight is 346 g/mol. The van der Waals surface area contributed by atoms with Crippen LogP contribution in [0, 0.1) is 11.8 Å². The SMILES string of the molecule is C=C1C(=O)OC2/C=C(/C)C[C@@H]3C=C(C[C@H](OC(=O)C(C)C)C12)C(=O)O3. The molecule has 1 fully saturated rings. The van der Waals surface area contributed by atoms with Gasteiger partial charge >= 0.3 is 17.9 Å². The predicted octanol–water partition coefficient (Wildman–Crippen LogP) is 2.24. The fraction of sp³-hybridized carbons (Fsp3) is 0.526. The molecule has 3 rings (SSSR count). The molecule has 0 aromatic rings. The number of carbonyl (C=O) groups excluding carboxylic acids is 3. The van der Waals surface area contributed by atoms with Crippen LogP contribution < -0.4 is 0 Å². The Balaban J connectivity index is 1.99. The second-order valence-corrected chi connectivity index (χ2v) is 7.11. The zero-order valence-electron chi connectivity index (χ0n) is 14.6. The lowest BCUT2D eigenvalue weighted by Crippen LogP contribution is -2.35. The average Bonchev–Trinajstić information content (AvgIpc) is 2.98. The molecule has 25 heavy (non-hydrogen) atoms. The maximum absolute atomic E-state index is 12.2. The van der Waals surface area contributed by atoms with E-state index in [4.69, 9.17) is 14.2 Å². The van der Waals surface area contributed by atoms with Gasteiger partial charge in [0.15, 0.2) is 0 Å². The van der Waals surface area contributed by atoms with Crippen LogP contribution in [0.3, 0.4) is 0 Å². The van der Waals surface area contributed by atoms with Crippen molar-refractivity contribution in [3.05, 3.63) is 35.5 Å². The van der Waals surface area contributed by atoms with Crippen LogP contribution in [0.25, 0.3) is 0 Å². The lowest BCUT2D eigenvalue weighted by Gasteiger charge is -2.27. The van der Waals surface area contributed by atoms with Crippen LogP contribution in [-0.4, -0.2) is 36.2 Å². The summed E-state index contributed by atoms with van der Waals surface area (Å²) < 4.78 is 16.4. The third-order valence-electron chi connectivity index (χ3n) is 4.70. The van der Waals surface area contributed by atoms with Gasteiger partial charge in [0.25, 0.3) is 0 Å². The minimum atomic E-state index is -0.710. The maximum Gasteiger partial charge on any atom is 0.334 e. The molecule has 0 N–H and O–H groups in total. The molecule has 0 amide bonds. The number of fused-ring (bicyclic) bond motifs is 2. The summed E-state index contributed by atoms with van der Waals surface area (Å²) in [6, 6.07) is 0. The highest BCUT2D eigenvalue weighted by Gasteiger charge is 2.46. The van der Waals surface area contributed by atoms with E-state index < -0.39 is 36.0 Å². The number of esters is 3. The van der Waals surface area contributed by atoms with Gasteiger partial charge in [0.05, 0.1) is 11.8 Å². The summed E-state index contributed by atoms with van der Waals surface area (Å²) in [6.07, 6.45) is 2.73. The highest BCUT2D eigenvalue weighted by Crippen LogP contribution is 2.38. The first-order valence-corrected chi connectivity index (χ1v) is 8.45. The quantitative estimate of drug-likeness (QED) is 0.330. The van der Waals surface area contributed by atoms with Gasteiger partial charge in [-0.15, -0.1) is 0 Å². The predicted molar refractivity (Wildman–Crippen MR) is 88.2 cm³/mol. The van der Waals surface area contributed by atoms with Gasteiger partial charge in [-0.05, 0) is 19.1 Å². The van der Waals surface area contributed by atoms with Crippen molar-refractivity contribution in [3.63, 3.8) is 0 Å². The minimum Gasteiger partial charge on any atom is -0.461 e. The molecule has 1 aliphatic carbocycles. The number of hydrogen-bond acceptors (Lipinski definition) is 6. The van der Waals surface area contributed by atoms with Crippen LogP contribution in [0.1, 0.15) is 33.6 Å². The Hall–Kier alpha value is -2.37. The zero-order chi connectivity index (χ0) is 18.3. The fourth-order valence-corrected chi connectivity index (χ4v) is 3.38. The highest BCUT2D eigenvalue weighted by molar-refractivity contribution is 5.92. The molecule has 0 saturated carbocycles. The molecule has 3 aliphatic rings. The minimum absolute atomic E-state index is 0.178. The van der Waals surface area contributed by atoms with E-state index in [2.05, 4.69) is 6.58 Å². The summed E-state index contributed by atoms with van der Waals surface area (Å²) in [5, 5.41) is 0. The standard InChI is InChI=1S/C19H22O6/c1-9(2)17(20)24-15-8-12-7-13(23-19(12)22)5-10(3)6-14-16(15)11(4)18(21)25-14/h6-7,9,13-16H,4-5,8H2,1-3H3/b10-6-/t13-,14?,15+,16?/m1/s1. The van der Waals surface area contributed by atoms with Crippen LogP contribution in [0.4, 0.5) is 0 Å². The molecule has 6 nitrogen and oxygen atoms in total. The largest absolute Gasteiger partial charge is 0.461 e. The molecule has 134 valence electrons. The van der Waals surface area contributed by atoms with Gasteiger partial charge in [-0.3, -0.25) is 4.79 Å². The first-order chi connectivity index (χ1) is 11.8. The van der Waals surface area contributed by atoms with E-state index in [1.165, 1.54) is 0 Å². The monoisotopic (exact) mass is 346 g/mol. The molecule has 0 radical (unpaired) electrons. The Labute approximate surface area is 146 Å². The van der Waals surface area contributed by atoms with Crippen molar-refractivity contribution < 1.29 is 28.6 Å². The van der Waals surface area contributed by atoms with E-state index in [1.807, 2.05) is 13.0 Å². The summed E-state index contributed by atoms with van der Waals surface area (Å²) in [4.78, 5) is 36.3. The Morgan fingerprint density at radius 3 is 2.60 bits per heavy atom. The number of carbonyl (C=O) groups is 3. The second-order valence-electron chi connectivity index (χ2n) is 7.11. The molecule has 6 heteroatoms. The van der Waals surface area contributed by atoms with Crippen LogP contribution in [0.5, 0.6) is 0 Å². The van der Waals surface area contributed by atoms with Gasteiger partial charge in [-0.25, -0.2) is 9.59 Å². The number of rotatable bonds is 2. The van der Waals surface area contributed by atoms with Gasteiger partial charge in [0.2, 0.25) is 0 Å². The van der Waals surface area contributed by atoms with Crippen LogP contribution >= 0.6 is 0 Å². The maximum atomic E-state index is 12.2. The lowest BCUT2D eigenvalue weighted by molar-refractivity contribution is -0.156. The van der Waals surface area contributed by atoms with Gasteiger partial charge in [-0.2, -0.15) is 0 Å². The van der Waals surface area contributed by atoms with Crippen molar-refractivity contribution >= 4 is 17.9 Å². The van der Waals surface area contributed by atoms with Crippen molar-refractivity contribution in [1.82, 2.24) is 0 Å². The van der Waals surface area contributed by atoms with E-state index in [1.54, 1.807) is 19.9 Å². The van der Waals surface area contributed by atoms with Gasteiger partial charge in [-0.1, -0.05) is 26.0 Å². The van der Waals surface area contributed by atoms with Crippen LogP contribution in [0.15, 0.2) is 35.5 Å². The fourth-order valence-electron chi connectivity index (χ4n) is 3.38. The Bertz CT molecular complexity index is 699. The van der Waals surface area contributed by atoms with E-state index in [9.17, 15) is 14.4 Å². The molecule has 0 aromatic heterocycles. The Kier molecular flexibility index (Phi) is 4.54. The first kappa shape index (κ1) is 17.5. The molecule has 0 aromatic carbocycles. The Morgan fingerprint density at radius 2 is 1.92 bits per heavy atom. The van der Waals surface area contributed by atoms with E-state index in [-0.39, 0.29) is 24.0 Å². The molecule has 2 unspecified atom stereocenters. The molecule has 2 heterocycles. The summed E-state index contributed by atoms with van der Waals surface area (Å²) in [5.41, 5.74) is 1.66. The lowest BCUT2D eigenvalue weighted by atomic mass is 9.85. The normalized spacial score (nSPS) is 33.8. The van der Waals surface area contributed by atoms with Crippen molar-refractivity contribution in [2.45, 2.75) is 51.9 Å². The third-order valence-corrected chi connectivity index (χ3v) is 4.70. The summed E-state index contributed by atoms with van der Waals surface area (Å²) in [5.74, 6) is -2.13. The highest BCUT2D eigenvalue weighted by atomic mass is 16.6. The number of hydrogen-bond donors (Lipinski definition) is 0. The third kappa shape index (κ3) is 3.38. The second kappa shape index (κ2) is 6.50. The van der Waals surface area contributed by atoms with Gasteiger partial charge in [0.1, 0.15) is 18.3 Å². The number of ether oxygens (including phenoxy) is 3. The van der Waals surface area contributed by atoms with Crippen molar-refractivity contribution in [2.75, 3.05) is 0 Å². The smallest absolute Gasteiger partial charge is 0.334 e. The Morgan fingerprint density at radius 1 is 1.20 bits per heavy atom. The molecule has 0 spiro atoms. The first-order valence-electron chi connectivity index (χ1n) is 8.45. The summed E-state index contributed by atoms with van der Waals surface area (Å²) in [7, 11) is 0. The molecule has 2 bridgehead atoms. The van der Waals surface area contributed by atoms with Crippen molar-refractivity contribution in [3.8, 4) is 0 Å². The molecular formula is C19H22O6. The summed E-state index contributed by atoms with van der Waals surface area (Å²) >= 11 is 0. The van der Waals surface area contributed by atoms with Gasteiger partial charge in [0, 0.05) is 24.0 Å². The van der Waals surface area contributed by atoms with Crippen LogP contribution in [0.2, 0.25) is 0 Å². The summed E-state index contributed by atoms with van der Waals surface area (Å²) in [6.45, 7) is 9.18. The van der Waals surface area contributed by atoms with Gasteiger partial charge < -0.3 is 14.2 Å². The van der Waals surface area contributed by atoms with E-state index in [0.29, 0.717) is 12.0 Å².